The van der Waals surface area contributed by atoms with Crippen molar-refractivity contribution in [3.63, 3.8) is 0 Å². The van der Waals surface area contributed by atoms with Crippen LogP contribution in [0.15, 0.2) is 24.3 Å². The standard InChI is InChI=1S/C17H24N2O7S/c1-17(15(20)18-22,27(3,23)24)10-14-11-19(16(21)26-14)13-6-4-12(5-7-13)8-9-25-2/h4-7,14,22H,8-11H2,1-3H3,(H,18,20). The van der Waals surface area contributed by atoms with Crippen molar-refractivity contribution in [2.75, 3.05) is 31.4 Å². The van der Waals surface area contributed by atoms with Gasteiger partial charge in [-0.25, -0.2) is 18.7 Å². The molecule has 0 bridgehead atoms. The van der Waals surface area contributed by atoms with E-state index in [1.807, 2.05) is 12.1 Å². The molecule has 0 saturated carbocycles. The molecule has 1 aromatic carbocycles. The average molecular weight is 400 g/mol. The van der Waals surface area contributed by atoms with Crippen molar-refractivity contribution in [3.05, 3.63) is 29.8 Å². The molecule has 1 aliphatic rings. The Morgan fingerprint density at radius 1 is 1.41 bits per heavy atom. The van der Waals surface area contributed by atoms with Gasteiger partial charge in [0.1, 0.15) is 6.10 Å². The van der Waals surface area contributed by atoms with Gasteiger partial charge in [-0.2, -0.15) is 0 Å². The average Bonchev–Trinajstić information content (AvgIpc) is 2.98. The molecule has 0 aliphatic carbocycles. The van der Waals surface area contributed by atoms with Gasteiger partial charge in [0.05, 0.1) is 13.2 Å². The van der Waals surface area contributed by atoms with Crippen LogP contribution in [0.5, 0.6) is 0 Å². The summed E-state index contributed by atoms with van der Waals surface area (Å²) >= 11 is 0. The van der Waals surface area contributed by atoms with Gasteiger partial charge in [0, 0.05) is 25.5 Å². The van der Waals surface area contributed by atoms with E-state index in [0.29, 0.717) is 12.3 Å². The lowest BCUT2D eigenvalue weighted by atomic mass is 10.0. The predicted molar refractivity (Wildman–Crippen MR) is 97.4 cm³/mol. The molecule has 10 heteroatoms. The summed E-state index contributed by atoms with van der Waals surface area (Å²) in [6, 6.07) is 7.28. The Balaban J connectivity index is 2.13. The van der Waals surface area contributed by atoms with E-state index in [0.717, 1.165) is 18.2 Å². The first kappa shape index (κ1) is 21.1. The molecule has 0 radical (unpaired) electrons. The van der Waals surface area contributed by atoms with Crippen LogP contribution < -0.4 is 10.4 Å². The highest BCUT2D eigenvalue weighted by atomic mass is 32.2. The molecule has 0 spiro atoms. The molecule has 9 nitrogen and oxygen atoms in total. The second-order valence-electron chi connectivity index (χ2n) is 6.67. The van der Waals surface area contributed by atoms with Crippen LogP contribution in [0.25, 0.3) is 0 Å². The van der Waals surface area contributed by atoms with Crippen molar-refractivity contribution >= 4 is 27.5 Å². The number of hydrogen-bond acceptors (Lipinski definition) is 7. The first-order valence-corrected chi connectivity index (χ1v) is 10.2. The van der Waals surface area contributed by atoms with Crippen LogP contribution >= 0.6 is 0 Å². The second kappa shape index (κ2) is 8.24. The van der Waals surface area contributed by atoms with E-state index in [2.05, 4.69) is 0 Å². The number of nitrogens with one attached hydrogen (secondary N) is 1. The maximum atomic E-state index is 12.2. The highest BCUT2D eigenvalue weighted by molar-refractivity contribution is 7.92. The Kier molecular flexibility index (Phi) is 6.45. The number of hydroxylamine groups is 1. The highest BCUT2D eigenvalue weighted by Gasteiger charge is 2.48. The largest absolute Gasteiger partial charge is 0.444 e. The van der Waals surface area contributed by atoms with Gasteiger partial charge in [-0.1, -0.05) is 12.1 Å². The molecule has 1 heterocycles. The predicted octanol–water partition coefficient (Wildman–Crippen LogP) is 0.900. The van der Waals surface area contributed by atoms with Gasteiger partial charge in [-0.3, -0.25) is 14.9 Å². The summed E-state index contributed by atoms with van der Waals surface area (Å²) < 4.78 is 32.5. The number of cyclic esters (lactones) is 1. The third-order valence-corrected chi connectivity index (χ3v) is 6.72. The molecule has 0 aromatic heterocycles. The van der Waals surface area contributed by atoms with Crippen LogP contribution in [0.2, 0.25) is 0 Å². The van der Waals surface area contributed by atoms with Crippen LogP contribution in [-0.2, 0) is 30.5 Å². The molecule has 1 aliphatic heterocycles. The highest BCUT2D eigenvalue weighted by Crippen LogP contribution is 2.30. The number of sulfone groups is 1. The third-order valence-electron chi connectivity index (χ3n) is 4.73. The Labute approximate surface area is 158 Å². The zero-order chi connectivity index (χ0) is 20.2. The topological polar surface area (TPSA) is 122 Å². The summed E-state index contributed by atoms with van der Waals surface area (Å²) in [5.74, 6) is -1.07. The van der Waals surface area contributed by atoms with Crippen molar-refractivity contribution in [2.45, 2.75) is 30.6 Å². The lowest BCUT2D eigenvalue weighted by molar-refractivity contribution is -0.132. The molecule has 2 N–H and O–H groups in total. The SMILES string of the molecule is COCCc1ccc(N2CC(CC(C)(C(=O)NO)S(C)(=O)=O)OC2=O)cc1. The van der Waals surface area contributed by atoms with E-state index < -0.39 is 32.7 Å². The van der Waals surface area contributed by atoms with Crippen LogP contribution in [0, 0.1) is 0 Å². The van der Waals surface area contributed by atoms with E-state index in [4.69, 9.17) is 14.7 Å². The Morgan fingerprint density at radius 3 is 2.56 bits per heavy atom. The van der Waals surface area contributed by atoms with E-state index in [1.54, 1.807) is 19.2 Å². The fourth-order valence-electron chi connectivity index (χ4n) is 2.87. The minimum atomic E-state index is -3.87. The molecule has 2 unspecified atom stereocenters. The van der Waals surface area contributed by atoms with Gasteiger partial charge >= 0.3 is 6.09 Å². The monoisotopic (exact) mass is 400 g/mol. The third kappa shape index (κ3) is 4.57. The zero-order valence-electron chi connectivity index (χ0n) is 15.5. The summed E-state index contributed by atoms with van der Waals surface area (Å²) in [5.41, 5.74) is 3.04. The summed E-state index contributed by atoms with van der Waals surface area (Å²) in [4.78, 5) is 25.5. The minimum absolute atomic E-state index is 0.0973. The fourth-order valence-corrected chi connectivity index (χ4v) is 3.74. The van der Waals surface area contributed by atoms with E-state index in [-0.39, 0.29) is 13.0 Å². The van der Waals surface area contributed by atoms with E-state index >= 15 is 0 Å². The lowest BCUT2D eigenvalue weighted by Gasteiger charge is -2.26. The summed E-state index contributed by atoms with van der Waals surface area (Å²) in [6.07, 6.45) is -0.0676. The summed E-state index contributed by atoms with van der Waals surface area (Å²) in [6.45, 7) is 1.87. The number of benzene rings is 1. The van der Waals surface area contributed by atoms with Gasteiger partial charge in [0.25, 0.3) is 5.91 Å². The molecule has 2 rings (SSSR count). The first-order valence-electron chi connectivity index (χ1n) is 8.32. The number of methoxy groups -OCH3 is 1. The van der Waals surface area contributed by atoms with Crippen LogP contribution in [0.4, 0.5) is 10.5 Å². The maximum absolute atomic E-state index is 12.2. The van der Waals surface area contributed by atoms with Crippen LogP contribution in [0.3, 0.4) is 0 Å². The molecule has 2 amide bonds. The number of nitrogens with zero attached hydrogens (tertiary/aromatic N) is 1. The Bertz CT molecular complexity index is 794. The van der Waals surface area contributed by atoms with E-state index in [1.165, 1.54) is 17.3 Å². The van der Waals surface area contributed by atoms with Crippen molar-refractivity contribution in [1.29, 1.82) is 0 Å². The molecular formula is C17H24N2O7S. The number of carbonyl (C=O) groups excluding carboxylic acids is 2. The molecule has 2 atom stereocenters. The van der Waals surface area contributed by atoms with Gasteiger partial charge in [0.15, 0.2) is 14.6 Å². The van der Waals surface area contributed by atoms with Crippen molar-refractivity contribution in [2.24, 2.45) is 0 Å². The second-order valence-corrected chi connectivity index (χ2v) is 9.12. The van der Waals surface area contributed by atoms with Crippen LogP contribution in [0.1, 0.15) is 18.9 Å². The molecular weight excluding hydrogens is 376 g/mol. The van der Waals surface area contributed by atoms with Crippen molar-refractivity contribution < 1.29 is 32.7 Å². The molecule has 1 fully saturated rings. The number of amides is 2. The number of rotatable bonds is 8. The summed E-state index contributed by atoms with van der Waals surface area (Å²) in [7, 11) is -2.25. The van der Waals surface area contributed by atoms with Gasteiger partial charge in [-0.15, -0.1) is 0 Å². The number of anilines is 1. The smallest absolute Gasteiger partial charge is 0.414 e. The molecule has 27 heavy (non-hydrogen) atoms. The molecule has 1 aromatic rings. The Morgan fingerprint density at radius 2 is 2.04 bits per heavy atom. The lowest BCUT2D eigenvalue weighted by Crippen LogP contribution is -2.51. The van der Waals surface area contributed by atoms with Gasteiger partial charge in [-0.05, 0) is 31.0 Å². The molecule has 1 saturated heterocycles. The molecule has 150 valence electrons. The number of ether oxygens (including phenoxy) is 2. The van der Waals surface area contributed by atoms with Crippen LogP contribution in [-0.4, -0.2) is 63.0 Å². The van der Waals surface area contributed by atoms with Gasteiger partial charge in [0.2, 0.25) is 0 Å². The zero-order valence-corrected chi connectivity index (χ0v) is 16.3. The van der Waals surface area contributed by atoms with Crippen molar-refractivity contribution in [3.8, 4) is 0 Å². The number of hydrogen-bond donors (Lipinski definition) is 2. The Hall–Kier alpha value is -2.17. The first-order chi connectivity index (χ1) is 12.6. The van der Waals surface area contributed by atoms with E-state index in [9.17, 15) is 18.0 Å². The fraction of sp³-hybridized carbons (Fsp3) is 0.529. The minimum Gasteiger partial charge on any atom is -0.444 e. The normalized spacial score (nSPS) is 19.5. The quantitative estimate of drug-likeness (QED) is 0.491. The van der Waals surface area contributed by atoms with Gasteiger partial charge < -0.3 is 9.47 Å². The van der Waals surface area contributed by atoms with Crippen molar-refractivity contribution in [1.82, 2.24) is 5.48 Å². The number of carbonyl (C=O) groups is 2. The summed E-state index contributed by atoms with van der Waals surface area (Å²) in [5, 5.41) is 8.89. The maximum Gasteiger partial charge on any atom is 0.414 e.